The molecule has 3 heteroatoms. The zero-order valence-corrected chi connectivity index (χ0v) is 13.4. The number of fused-ring (bicyclic) bond motifs is 1. The van der Waals surface area contributed by atoms with Gasteiger partial charge in [-0.15, -0.1) is 0 Å². The largest absolute Gasteiger partial charge is 0.497 e. The summed E-state index contributed by atoms with van der Waals surface area (Å²) in [7, 11) is 1.71. The van der Waals surface area contributed by atoms with Crippen molar-refractivity contribution < 1.29 is 4.74 Å². The van der Waals surface area contributed by atoms with Gasteiger partial charge in [0.2, 0.25) is 0 Å². The van der Waals surface area contributed by atoms with Crippen LogP contribution in [0.2, 0.25) is 0 Å². The molecule has 2 aromatic rings. The Labute approximate surface area is 133 Å². The predicted molar refractivity (Wildman–Crippen MR) is 92.3 cm³/mol. The molecule has 2 aromatic carbocycles. The molecule has 0 aromatic heterocycles. The number of nitrogens with two attached hydrogens (primary N) is 1. The first-order chi connectivity index (χ1) is 10.8. The molecule has 1 aliphatic rings. The van der Waals surface area contributed by atoms with E-state index in [1.54, 1.807) is 7.11 Å². The molecule has 1 atom stereocenters. The van der Waals surface area contributed by atoms with Crippen LogP contribution < -0.4 is 10.5 Å². The van der Waals surface area contributed by atoms with E-state index in [-0.39, 0.29) is 0 Å². The molecule has 0 amide bonds. The fourth-order valence-corrected chi connectivity index (χ4v) is 3.48. The van der Waals surface area contributed by atoms with Crippen LogP contribution in [0.4, 0.5) is 0 Å². The minimum Gasteiger partial charge on any atom is -0.497 e. The maximum atomic E-state index is 6.11. The highest BCUT2D eigenvalue weighted by Crippen LogP contribution is 2.28. The number of methoxy groups -OCH3 is 1. The molecule has 1 saturated heterocycles. The van der Waals surface area contributed by atoms with Crippen LogP contribution in [-0.2, 0) is 0 Å². The van der Waals surface area contributed by atoms with Gasteiger partial charge in [0.25, 0.3) is 0 Å². The molecule has 1 aliphatic heterocycles. The van der Waals surface area contributed by atoms with Crippen LogP contribution in [0, 0.1) is 0 Å². The van der Waals surface area contributed by atoms with Gasteiger partial charge in [0, 0.05) is 12.6 Å². The van der Waals surface area contributed by atoms with Gasteiger partial charge in [-0.2, -0.15) is 0 Å². The summed E-state index contributed by atoms with van der Waals surface area (Å²) in [5.41, 5.74) is 7.45. The monoisotopic (exact) mass is 298 g/mol. The van der Waals surface area contributed by atoms with Crippen molar-refractivity contribution in [2.75, 3.05) is 26.7 Å². The molecule has 1 unspecified atom stereocenters. The Hall–Kier alpha value is -1.58. The van der Waals surface area contributed by atoms with E-state index in [9.17, 15) is 0 Å². The summed E-state index contributed by atoms with van der Waals surface area (Å²) in [4.78, 5) is 2.57. The van der Waals surface area contributed by atoms with Crippen molar-refractivity contribution in [3.05, 3.63) is 42.0 Å². The van der Waals surface area contributed by atoms with Crippen LogP contribution in [0.15, 0.2) is 36.4 Å². The van der Waals surface area contributed by atoms with Crippen LogP contribution >= 0.6 is 0 Å². The van der Waals surface area contributed by atoms with E-state index in [4.69, 9.17) is 10.5 Å². The number of nitrogens with zero attached hydrogens (tertiary/aromatic N) is 1. The SMILES string of the molecule is COc1ccc2cc(C(CN)N3CCCCCC3)ccc2c1. The van der Waals surface area contributed by atoms with Gasteiger partial charge in [-0.3, -0.25) is 4.90 Å². The van der Waals surface area contributed by atoms with Gasteiger partial charge in [-0.25, -0.2) is 0 Å². The van der Waals surface area contributed by atoms with Crippen LogP contribution in [0.25, 0.3) is 10.8 Å². The molecule has 0 spiro atoms. The van der Waals surface area contributed by atoms with Gasteiger partial charge in [0.05, 0.1) is 7.11 Å². The number of hydrogen-bond acceptors (Lipinski definition) is 3. The Morgan fingerprint density at radius 1 is 1.00 bits per heavy atom. The fourth-order valence-electron chi connectivity index (χ4n) is 3.48. The third kappa shape index (κ3) is 3.26. The molecule has 2 N–H and O–H groups in total. The molecule has 1 heterocycles. The van der Waals surface area contributed by atoms with Gasteiger partial charge >= 0.3 is 0 Å². The maximum absolute atomic E-state index is 6.11. The molecule has 118 valence electrons. The van der Waals surface area contributed by atoms with Crippen molar-refractivity contribution in [3.8, 4) is 5.75 Å². The van der Waals surface area contributed by atoms with Gasteiger partial charge in [-0.1, -0.05) is 31.0 Å². The zero-order chi connectivity index (χ0) is 15.4. The summed E-state index contributed by atoms with van der Waals surface area (Å²) >= 11 is 0. The predicted octanol–water partition coefficient (Wildman–Crippen LogP) is 3.72. The third-order valence-electron chi connectivity index (χ3n) is 4.76. The van der Waals surface area contributed by atoms with E-state index < -0.39 is 0 Å². The number of rotatable bonds is 4. The molecule has 0 bridgehead atoms. The summed E-state index contributed by atoms with van der Waals surface area (Å²) in [6, 6.07) is 13.3. The van der Waals surface area contributed by atoms with E-state index in [2.05, 4.69) is 35.2 Å². The summed E-state index contributed by atoms with van der Waals surface area (Å²) in [5.74, 6) is 0.906. The summed E-state index contributed by atoms with van der Waals surface area (Å²) in [6.07, 6.45) is 5.29. The highest BCUT2D eigenvalue weighted by molar-refractivity contribution is 5.84. The van der Waals surface area contributed by atoms with Gasteiger partial charge < -0.3 is 10.5 Å². The summed E-state index contributed by atoms with van der Waals surface area (Å²) in [5, 5.41) is 2.47. The second-order valence-corrected chi connectivity index (χ2v) is 6.17. The van der Waals surface area contributed by atoms with E-state index in [1.165, 1.54) is 55.1 Å². The molecule has 0 saturated carbocycles. The first-order valence-corrected chi connectivity index (χ1v) is 8.33. The lowest BCUT2D eigenvalue weighted by atomic mass is 10.00. The van der Waals surface area contributed by atoms with Crippen molar-refractivity contribution in [1.29, 1.82) is 0 Å². The molecular formula is C19H26N2O. The minimum atomic E-state index is 0.338. The highest BCUT2D eigenvalue weighted by Gasteiger charge is 2.20. The van der Waals surface area contributed by atoms with Gasteiger partial charge in [0.15, 0.2) is 0 Å². The van der Waals surface area contributed by atoms with Crippen LogP contribution in [-0.4, -0.2) is 31.6 Å². The van der Waals surface area contributed by atoms with E-state index >= 15 is 0 Å². The lowest BCUT2D eigenvalue weighted by Gasteiger charge is -2.30. The Morgan fingerprint density at radius 3 is 2.36 bits per heavy atom. The number of hydrogen-bond donors (Lipinski definition) is 1. The van der Waals surface area contributed by atoms with Crippen LogP contribution in [0.5, 0.6) is 5.75 Å². The van der Waals surface area contributed by atoms with Crippen molar-refractivity contribution in [3.63, 3.8) is 0 Å². The third-order valence-corrected chi connectivity index (χ3v) is 4.76. The number of likely N-dealkylation sites (tertiary alicyclic amines) is 1. The average molecular weight is 298 g/mol. The molecule has 1 fully saturated rings. The molecule has 0 radical (unpaired) electrons. The quantitative estimate of drug-likeness (QED) is 0.935. The molecule has 0 aliphatic carbocycles. The summed E-state index contributed by atoms with van der Waals surface area (Å²) in [6.45, 7) is 3.02. The second-order valence-electron chi connectivity index (χ2n) is 6.17. The second kappa shape index (κ2) is 7.12. The van der Waals surface area contributed by atoms with Crippen LogP contribution in [0.3, 0.4) is 0 Å². The van der Waals surface area contributed by atoms with Crippen molar-refractivity contribution in [2.24, 2.45) is 5.73 Å². The normalized spacial score (nSPS) is 18.1. The van der Waals surface area contributed by atoms with Gasteiger partial charge in [0.1, 0.15) is 5.75 Å². The topological polar surface area (TPSA) is 38.5 Å². The molecule has 22 heavy (non-hydrogen) atoms. The van der Waals surface area contributed by atoms with E-state index in [0.29, 0.717) is 12.6 Å². The highest BCUT2D eigenvalue weighted by atomic mass is 16.5. The Morgan fingerprint density at radius 2 is 1.68 bits per heavy atom. The number of ether oxygens (including phenoxy) is 1. The molecule has 3 nitrogen and oxygen atoms in total. The standard InChI is InChI=1S/C19H26N2O/c1-22-18-9-8-15-12-17(7-6-16(15)13-18)19(14-20)21-10-4-2-3-5-11-21/h6-9,12-13,19H,2-5,10-11,14,20H2,1H3. The first-order valence-electron chi connectivity index (χ1n) is 8.33. The van der Waals surface area contributed by atoms with E-state index in [1.807, 2.05) is 6.07 Å². The lowest BCUT2D eigenvalue weighted by molar-refractivity contribution is 0.210. The average Bonchev–Trinajstić information content (AvgIpc) is 2.84. The first kappa shape index (κ1) is 15.3. The maximum Gasteiger partial charge on any atom is 0.119 e. The van der Waals surface area contributed by atoms with Gasteiger partial charge in [-0.05, 0) is 60.5 Å². The van der Waals surface area contributed by atoms with Crippen molar-refractivity contribution in [2.45, 2.75) is 31.7 Å². The number of benzene rings is 2. The summed E-state index contributed by atoms with van der Waals surface area (Å²) < 4.78 is 5.30. The van der Waals surface area contributed by atoms with Crippen molar-refractivity contribution in [1.82, 2.24) is 4.90 Å². The Bertz CT molecular complexity index is 618. The fraction of sp³-hybridized carbons (Fsp3) is 0.474. The minimum absolute atomic E-state index is 0.338. The Balaban J connectivity index is 1.89. The van der Waals surface area contributed by atoms with Crippen LogP contribution in [0.1, 0.15) is 37.3 Å². The Kier molecular flexibility index (Phi) is 4.96. The molecular weight excluding hydrogens is 272 g/mol. The lowest BCUT2D eigenvalue weighted by Crippen LogP contribution is -2.34. The zero-order valence-electron chi connectivity index (χ0n) is 13.4. The smallest absolute Gasteiger partial charge is 0.119 e. The molecule has 3 rings (SSSR count). The van der Waals surface area contributed by atoms with E-state index in [0.717, 1.165) is 5.75 Å². The van der Waals surface area contributed by atoms with Crippen molar-refractivity contribution >= 4 is 10.8 Å².